The maximum atomic E-state index is 12.9. The predicted octanol–water partition coefficient (Wildman–Crippen LogP) is 4.03. The van der Waals surface area contributed by atoms with Gasteiger partial charge in [0.05, 0.1) is 30.9 Å². The number of carbonyl (C=O) groups is 2. The molecule has 0 aliphatic carbocycles. The number of halogens is 1. The number of amides is 2. The van der Waals surface area contributed by atoms with Crippen LogP contribution in [0, 0.1) is 0 Å². The Bertz CT molecular complexity index is 1040. The zero-order valence-electron chi connectivity index (χ0n) is 15.8. The molecule has 29 heavy (non-hydrogen) atoms. The normalized spacial score (nSPS) is 13.0. The summed E-state index contributed by atoms with van der Waals surface area (Å²) in [6.07, 6.45) is 1.55. The zero-order valence-corrected chi connectivity index (χ0v) is 17.3. The Morgan fingerprint density at radius 1 is 1.31 bits per heavy atom. The van der Waals surface area contributed by atoms with E-state index in [-0.39, 0.29) is 18.4 Å². The van der Waals surface area contributed by atoms with E-state index in [9.17, 15) is 9.59 Å². The molecular formula is C21H19ClN4O2S. The fraction of sp³-hybridized carbons (Fsp3) is 0.190. The van der Waals surface area contributed by atoms with Gasteiger partial charge in [0.15, 0.2) is 5.82 Å². The number of nitrogens with zero attached hydrogens (tertiary/aromatic N) is 3. The molecule has 0 saturated carbocycles. The van der Waals surface area contributed by atoms with Gasteiger partial charge in [-0.25, -0.2) is 4.98 Å². The van der Waals surface area contributed by atoms with Crippen LogP contribution in [0.1, 0.15) is 20.8 Å². The van der Waals surface area contributed by atoms with Gasteiger partial charge < -0.3 is 15.1 Å². The Hall–Kier alpha value is -2.90. The number of anilines is 2. The predicted molar refractivity (Wildman–Crippen MR) is 115 cm³/mol. The Kier molecular flexibility index (Phi) is 5.51. The van der Waals surface area contributed by atoms with Crippen LogP contribution in [-0.2, 0) is 17.9 Å². The number of benzene rings is 1. The van der Waals surface area contributed by atoms with Crippen molar-refractivity contribution in [2.24, 2.45) is 0 Å². The number of rotatable bonds is 5. The van der Waals surface area contributed by atoms with Crippen LogP contribution in [0.5, 0.6) is 0 Å². The monoisotopic (exact) mass is 426 g/mol. The summed E-state index contributed by atoms with van der Waals surface area (Å²) in [5, 5.41) is 5.65. The summed E-state index contributed by atoms with van der Waals surface area (Å²) in [5.41, 5.74) is 1.99. The summed E-state index contributed by atoms with van der Waals surface area (Å²) in [7, 11) is 1.76. The van der Waals surface area contributed by atoms with Crippen LogP contribution < -0.4 is 10.2 Å². The molecule has 0 bridgehead atoms. The molecule has 6 nitrogen and oxygen atoms in total. The van der Waals surface area contributed by atoms with Crippen molar-refractivity contribution in [3.63, 3.8) is 0 Å². The van der Waals surface area contributed by atoms with Gasteiger partial charge in [-0.2, -0.15) is 0 Å². The minimum Gasteiger partial charge on any atom is -0.359 e. The second-order valence-corrected chi connectivity index (χ2v) is 8.26. The molecule has 1 N–H and O–H groups in total. The maximum absolute atomic E-state index is 12.9. The van der Waals surface area contributed by atoms with Crippen LogP contribution in [0.4, 0.5) is 11.5 Å². The third kappa shape index (κ3) is 4.26. The molecule has 4 rings (SSSR count). The van der Waals surface area contributed by atoms with E-state index < -0.39 is 0 Å². The third-order valence-corrected chi connectivity index (χ3v) is 5.80. The van der Waals surface area contributed by atoms with Gasteiger partial charge in [-0.1, -0.05) is 29.8 Å². The smallest absolute Gasteiger partial charge is 0.255 e. The van der Waals surface area contributed by atoms with E-state index in [1.807, 2.05) is 29.6 Å². The van der Waals surface area contributed by atoms with Crippen LogP contribution in [0.25, 0.3) is 0 Å². The molecule has 0 saturated heterocycles. The van der Waals surface area contributed by atoms with Gasteiger partial charge in [0.1, 0.15) is 0 Å². The van der Waals surface area contributed by atoms with Crippen LogP contribution >= 0.6 is 22.9 Å². The molecule has 0 radical (unpaired) electrons. The van der Waals surface area contributed by atoms with Gasteiger partial charge in [-0.05, 0) is 35.2 Å². The SMILES string of the molecule is CN(Cc1cccs1)C(=O)c1cnc2c(c1)N(Cc1ccc(Cl)cc1)C(=O)CN2. The van der Waals surface area contributed by atoms with E-state index in [4.69, 9.17) is 11.6 Å². The second kappa shape index (κ2) is 8.23. The van der Waals surface area contributed by atoms with E-state index in [1.54, 1.807) is 52.6 Å². The molecule has 2 amide bonds. The standard InChI is InChI=1S/C21H19ClN4O2S/c1-25(13-17-3-2-8-29-17)21(28)15-9-18-20(23-10-15)24-11-19(27)26(18)12-14-4-6-16(22)7-5-14/h2-10H,11-13H2,1H3,(H,23,24). The lowest BCUT2D eigenvalue weighted by Crippen LogP contribution is -2.40. The molecule has 3 aromatic rings. The third-order valence-electron chi connectivity index (χ3n) is 4.69. The second-order valence-electron chi connectivity index (χ2n) is 6.79. The number of thiophene rings is 1. The molecule has 1 aromatic carbocycles. The van der Waals surface area contributed by atoms with Gasteiger partial charge in [-0.3, -0.25) is 9.59 Å². The highest BCUT2D eigenvalue weighted by atomic mass is 35.5. The highest BCUT2D eigenvalue weighted by Crippen LogP contribution is 2.30. The number of hydrogen-bond acceptors (Lipinski definition) is 5. The van der Waals surface area contributed by atoms with Crippen molar-refractivity contribution in [3.05, 3.63) is 75.1 Å². The maximum Gasteiger partial charge on any atom is 0.255 e. The number of nitrogens with one attached hydrogen (secondary N) is 1. The van der Waals surface area contributed by atoms with Crippen LogP contribution in [0.2, 0.25) is 5.02 Å². The Labute approximate surface area is 177 Å². The molecule has 0 unspecified atom stereocenters. The van der Waals surface area contributed by atoms with Crippen molar-refractivity contribution in [1.29, 1.82) is 0 Å². The van der Waals surface area contributed by atoms with Crippen molar-refractivity contribution in [2.45, 2.75) is 13.1 Å². The summed E-state index contributed by atoms with van der Waals surface area (Å²) in [4.78, 5) is 34.3. The summed E-state index contributed by atoms with van der Waals surface area (Å²) >= 11 is 7.57. The Morgan fingerprint density at radius 3 is 2.83 bits per heavy atom. The first-order valence-electron chi connectivity index (χ1n) is 9.08. The van der Waals surface area contributed by atoms with Gasteiger partial charge in [0.2, 0.25) is 5.91 Å². The minimum atomic E-state index is -0.141. The zero-order chi connectivity index (χ0) is 20.4. The number of hydrogen-bond donors (Lipinski definition) is 1. The molecular weight excluding hydrogens is 408 g/mol. The molecule has 3 heterocycles. The summed E-state index contributed by atoms with van der Waals surface area (Å²) in [6, 6.07) is 13.0. The van der Waals surface area contributed by atoms with Crippen molar-refractivity contribution in [2.75, 3.05) is 23.8 Å². The molecule has 148 valence electrons. The van der Waals surface area contributed by atoms with Crippen LogP contribution in [0.3, 0.4) is 0 Å². The average Bonchev–Trinajstić information content (AvgIpc) is 3.23. The lowest BCUT2D eigenvalue weighted by molar-refractivity contribution is -0.117. The molecule has 1 aliphatic rings. The lowest BCUT2D eigenvalue weighted by Gasteiger charge is -2.30. The summed E-state index contributed by atoms with van der Waals surface area (Å²) in [5.74, 6) is 0.375. The molecule has 0 fully saturated rings. The molecule has 8 heteroatoms. The summed E-state index contributed by atoms with van der Waals surface area (Å²) in [6.45, 7) is 1.08. The van der Waals surface area contributed by atoms with Gasteiger partial charge >= 0.3 is 0 Å². The van der Waals surface area contributed by atoms with Gasteiger partial charge in [0.25, 0.3) is 5.91 Å². The fourth-order valence-electron chi connectivity index (χ4n) is 3.18. The van der Waals surface area contributed by atoms with E-state index >= 15 is 0 Å². The highest BCUT2D eigenvalue weighted by molar-refractivity contribution is 7.09. The highest BCUT2D eigenvalue weighted by Gasteiger charge is 2.27. The van der Waals surface area contributed by atoms with E-state index in [1.165, 1.54) is 0 Å². The quantitative estimate of drug-likeness (QED) is 0.669. The largest absolute Gasteiger partial charge is 0.359 e. The average molecular weight is 427 g/mol. The first-order chi connectivity index (χ1) is 14.0. The van der Waals surface area contributed by atoms with Crippen molar-refractivity contribution in [3.8, 4) is 0 Å². The molecule has 0 atom stereocenters. The Morgan fingerprint density at radius 2 is 2.10 bits per heavy atom. The number of carbonyl (C=O) groups excluding carboxylic acids is 2. The first kappa shape index (κ1) is 19.4. The summed E-state index contributed by atoms with van der Waals surface area (Å²) < 4.78 is 0. The van der Waals surface area contributed by atoms with E-state index in [0.29, 0.717) is 35.2 Å². The van der Waals surface area contributed by atoms with E-state index in [2.05, 4.69) is 10.3 Å². The van der Waals surface area contributed by atoms with E-state index in [0.717, 1.165) is 10.4 Å². The van der Waals surface area contributed by atoms with Crippen molar-refractivity contribution >= 4 is 46.3 Å². The Balaban J connectivity index is 1.59. The molecule has 0 spiro atoms. The lowest BCUT2D eigenvalue weighted by atomic mass is 10.1. The minimum absolute atomic E-state index is 0.0780. The molecule has 1 aliphatic heterocycles. The first-order valence-corrected chi connectivity index (χ1v) is 10.3. The molecule has 2 aromatic heterocycles. The van der Waals surface area contributed by atoms with Crippen molar-refractivity contribution in [1.82, 2.24) is 9.88 Å². The number of pyridine rings is 1. The van der Waals surface area contributed by atoms with Gasteiger partial charge in [0, 0.05) is 23.1 Å². The van der Waals surface area contributed by atoms with Crippen LogP contribution in [-0.4, -0.2) is 35.3 Å². The van der Waals surface area contributed by atoms with Crippen molar-refractivity contribution < 1.29 is 9.59 Å². The fourth-order valence-corrected chi connectivity index (χ4v) is 4.06. The number of aromatic nitrogens is 1. The van der Waals surface area contributed by atoms with Crippen LogP contribution in [0.15, 0.2) is 54.0 Å². The number of fused-ring (bicyclic) bond motifs is 1. The topological polar surface area (TPSA) is 65.5 Å². The van der Waals surface area contributed by atoms with Gasteiger partial charge in [-0.15, -0.1) is 11.3 Å².